The monoisotopic (exact) mass is 310 g/mol. The van der Waals surface area contributed by atoms with Gasteiger partial charge in [0.2, 0.25) is 0 Å². The van der Waals surface area contributed by atoms with Crippen LogP contribution in [0, 0.1) is 0 Å². The molecule has 0 atom stereocenters. The molecule has 0 radical (unpaired) electrons. The fraction of sp³-hybridized carbons (Fsp3) is 0.111. The molecule has 17 heavy (non-hydrogen) atoms. The highest BCUT2D eigenvalue weighted by Crippen LogP contribution is 2.21. The fourth-order valence-corrected chi connectivity index (χ4v) is 1.27. The van der Waals surface area contributed by atoms with Gasteiger partial charge in [-0.2, -0.15) is 13.2 Å². The number of rotatable bonds is 1. The number of para-hydroxylation sites is 1. The minimum absolute atomic E-state index is 0.250. The van der Waals surface area contributed by atoms with E-state index >= 15 is 0 Å². The Balaban J connectivity index is 2.63. The van der Waals surface area contributed by atoms with Crippen LogP contribution in [0.4, 0.5) is 23.7 Å². The highest BCUT2D eigenvalue weighted by atomic mass is 79.9. The van der Waals surface area contributed by atoms with Gasteiger partial charge in [-0.15, -0.1) is 0 Å². The molecular weight excluding hydrogens is 305 g/mol. The molecule has 0 aliphatic rings. The van der Waals surface area contributed by atoms with Gasteiger partial charge in [-0.3, -0.25) is 10.1 Å². The third-order valence-electron chi connectivity index (χ3n) is 1.61. The van der Waals surface area contributed by atoms with Gasteiger partial charge in [0.05, 0.1) is 5.69 Å². The van der Waals surface area contributed by atoms with Crippen LogP contribution in [-0.2, 0) is 4.79 Å². The lowest BCUT2D eigenvalue weighted by Gasteiger charge is -2.09. The van der Waals surface area contributed by atoms with Crippen molar-refractivity contribution in [3.05, 3.63) is 28.7 Å². The molecule has 4 nitrogen and oxygen atoms in total. The summed E-state index contributed by atoms with van der Waals surface area (Å²) in [6, 6.07) is 5.03. The van der Waals surface area contributed by atoms with Crippen molar-refractivity contribution < 1.29 is 22.8 Å². The average Bonchev–Trinajstić information content (AvgIpc) is 2.20. The molecule has 1 rings (SSSR count). The van der Waals surface area contributed by atoms with Crippen molar-refractivity contribution in [2.45, 2.75) is 6.18 Å². The van der Waals surface area contributed by atoms with Crippen LogP contribution in [0.3, 0.4) is 0 Å². The molecule has 3 amide bonds. The minimum Gasteiger partial charge on any atom is -0.307 e. The lowest BCUT2D eigenvalue weighted by molar-refractivity contribution is -0.172. The topological polar surface area (TPSA) is 58.2 Å². The maximum Gasteiger partial charge on any atom is 0.471 e. The summed E-state index contributed by atoms with van der Waals surface area (Å²) in [5.74, 6) is -2.32. The van der Waals surface area contributed by atoms with Crippen LogP contribution in [0.2, 0.25) is 0 Å². The van der Waals surface area contributed by atoms with E-state index in [4.69, 9.17) is 0 Å². The maximum atomic E-state index is 11.8. The second-order valence-electron chi connectivity index (χ2n) is 2.89. The standard InChI is InChI=1S/C9H6BrF3N2O2/c10-5-3-1-2-4-6(5)14-8(17)15-7(16)9(11,12)13/h1-4H,(H2,14,15,16,17). The van der Waals surface area contributed by atoms with Crippen molar-refractivity contribution >= 4 is 33.6 Å². The molecular formula is C9H6BrF3N2O2. The summed E-state index contributed by atoms with van der Waals surface area (Å²) in [5.41, 5.74) is 0.250. The van der Waals surface area contributed by atoms with Crippen molar-refractivity contribution in [3.8, 4) is 0 Å². The largest absolute Gasteiger partial charge is 0.471 e. The van der Waals surface area contributed by atoms with E-state index in [-0.39, 0.29) is 5.69 Å². The number of hydrogen-bond donors (Lipinski definition) is 2. The number of hydrogen-bond acceptors (Lipinski definition) is 2. The number of urea groups is 1. The van der Waals surface area contributed by atoms with Crippen molar-refractivity contribution in [2.24, 2.45) is 0 Å². The lowest BCUT2D eigenvalue weighted by Crippen LogP contribution is -2.42. The van der Waals surface area contributed by atoms with Gasteiger partial charge < -0.3 is 5.32 Å². The Bertz CT molecular complexity index is 448. The third-order valence-corrected chi connectivity index (χ3v) is 2.30. The van der Waals surface area contributed by atoms with Gasteiger partial charge >= 0.3 is 18.1 Å². The van der Waals surface area contributed by atoms with Gasteiger partial charge in [-0.1, -0.05) is 12.1 Å². The molecule has 8 heteroatoms. The summed E-state index contributed by atoms with van der Waals surface area (Å²) in [6.07, 6.45) is -5.09. The number of carbonyl (C=O) groups excluding carboxylic acids is 2. The molecule has 0 unspecified atom stereocenters. The summed E-state index contributed by atoms with van der Waals surface area (Å²) in [7, 11) is 0. The molecule has 0 fully saturated rings. The second kappa shape index (κ2) is 5.17. The number of carbonyl (C=O) groups is 2. The van der Waals surface area contributed by atoms with E-state index in [1.54, 1.807) is 18.2 Å². The number of nitrogens with one attached hydrogen (secondary N) is 2. The molecule has 0 saturated heterocycles. The second-order valence-corrected chi connectivity index (χ2v) is 3.74. The normalized spacial score (nSPS) is 10.8. The third kappa shape index (κ3) is 4.06. The summed E-state index contributed by atoms with van der Waals surface area (Å²) in [5, 5.41) is 3.26. The Hall–Kier alpha value is -1.57. The SMILES string of the molecule is O=C(NC(=O)C(F)(F)F)Nc1ccccc1Br. The predicted octanol–water partition coefficient (Wildman–Crippen LogP) is 2.66. The Morgan fingerprint density at radius 1 is 1.18 bits per heavy atom. The molecule has 0 saturated carbocycles. The van der Waals surface area contributed by atoms with Crippen LogP contribution in [0.25, 0.3) is 0 Å². The molecule has 1 aromatic rings. The first-order chi connectivity index (χ1) is 7.80. The predicted molar refractivity (Wildman–Crippen MR) is 57.4 cm³/mol. The highest BCUT2D eigenvalue weighted by Gasteiger charge is 2.39. The fourth-order valence-electron chi connectivity index (χ4n) is 0.890. The van der Waals surface area contributed by atoms with Crippen molar-refractivity contribution in [1.29, 1.82) is 0 Å². The van der Waals surface area contributed by atoms with Gasteiger partial charge in [0, 0.05) is 4.47 Å². The Morgan fingerprint density at radius 2 is 1.76 bits per heavy atom. The summed E-state index contributed by atoms with van der Waals surface area (Å²) >= 11 is 3.08. The molecule has 1 aromatic carbocycles. The zero-order valence-electron chi connectivity index (χ0n) is 8.14. The molecule has 0 spiro atoms. The first-order valence-electron chi connectivity index (χ1n) is 4.24. The first-order valence-corrected chi connectivity index (χ1v) is 5.03. The Kier molecular flexibility index (Phi) is 4.11. The van der Waals surface area contributed by atoms with Crippen molar-refractivity contribution in [3.63, 3.8) is 0 Å². The average molecular weight is 311 g/mol. The first kappa shape index (κ1) is 13.5. The molecule has 0 aromatic heterocycles. The van der Waals surface area contributed by atoms with Crippen molar-refractivity contribution in [2.75, 3.05) is 5.32 Å². The van der Waals surface area contributed by atoms with E-state index in [2.05, 4.69) is 21.2 Å². The van der Waals surface area contributed by atoms with Gasteiger partial charge in [-0.25, -0.2) is 4.79 Å². The van der Waals surface area contributed by atoms with E-state index in [0.717, 1.165) is 5.32 Å². The van der Waals surface area contributed by atoms with Crippen LogP contribution in [-0.4, -0.2) is 18.1 Å². The Morgan fingerprint density at radius 3 is 2.29 bits per heavy atom. The number of halogens is 4. The number of amides is 3. The van der Waals surface area contributed by atoms with E-state index in [0.29, 0.717) is 4.47 Å². The molecule has 92 valence electrons. The van der Waals surface area contributed by atoms with Gasteiger partial charge in [0.15, 0.2) is 0 Å². The molecule has 0 aliphatic heterocycles. The van der Waals surface area contributed by atoms with Gasteiger partial charge in [-0.05, 0) is 28.1 Å². The number of anilines is 1. The molecule has 0 heterocycles. The summed E-state index contributed by atoms with van der Waals surface area (Å²) in [4.78, 5) is 21.5. The van der Waals surface area contributed by atoms with Crippen LogP contribution in [0.15, 0.2) is 28.7 Å². The lowest BCUT2D eigenvalue weighted by atomic mass is 10.3. The number of alkyl halides is 3. The quantitative estimate of drug-likeness (QED) is 0.838. The van der Waals surface area contributed by atoms with Crippen LogP contribution in [0.5, 0.6) is 0 Å². The Labute approximate surface area is 102 Å². The van der Waals surface area contributed by atoms with Crippen LogP contribution < -0.4 is 10.6 Å². The summed E-state index contributed by atoms with van der Waals surface area (Å²) < 4.78 is 36.0. The molecule has 0 bridgehead atoms. The van der Waals surface area contributed by atoms with Gasteiger partial charge in [0.25, 0.3) is 0 Å². The molecule has 0 aliphatic carbocycles. The van der Waals surface area contributed by atoms with Crippen LogP contribution >= 0.6 is 15.9 Å². The van der Waals surface area contributed by atoms with E-state index in [1.807, 2.05) is 0 Å². The van der Waals surface area contributed by atoms with E-state index < -0.39 is 18.1 Å². The minimum atomic E-state index is -5.09. The van der Waals surface area contributed by atoms with Gasteiger partial charge in [0.1, 0.15) is 0 Å². The summed E-state index contributed by atoms with van der Waals surface area (Å²) in [6.45, 7) is 0. The van der Waals surface area contributed by atoms with E-state index in [1.165, 1.54) is 6.07 Å². The zero-order chi connectivity index (χ0) is 13.1. The van der Waals surface area contributed by atoms with Crippen molar-refractivity contribution in [1.82, 2.24) is 5.32 Å². The number of benzene rings is 1. The number of imide groups is 1. The highest BCUT2D eigenvalue weighted by molar-refractivity contribution is 9.10. The smallest absolute Gasteiger partial charge is 0.307 e. The van der Waals surface area contributed by atoms with Crippen LogP contribution in [0.1, 0.15) is 0 Å². The zero-order valence-corrected chi connectivity index (χ0v) is 9.72. The maximum absolute atomic E-state index is 11.8. The molecule has 2 N–H and O–H groups in total. The van der Waals surface area contributed by atoms with E-state index in [9.17, 15) is 22.8 Å².